The van der Waals surface area contributed by atoms with E-state index >= 15 is 0 Å². The summed E-state index contributed by atoms with van der Waals surface area (Å²) < 4.78 is 0. The molecule has 0 bridgehead atoms. The van der Waals surface area contributed by atoms with Crippen molar-refractivity contribution in [2.24, 2.45) is 0 Å². The maximum Gasteiger partial charge on any atom is 0.354 e. The molecule has 0 aliphatic carbocycles. The molecule has 0 saturated carbocycles. The lowest BCUT2D eigenvalue weighted by Crippen LogP contribution is -2.35. The van der Waals surface area contributed by atoms with Crippen molar-refractivity contribution >= 4 is 17.6 Å². The quantitative estimate of drug-likeness (QED) is 0.684. The molecule has 6 nitrogen and oxygen atoms in total. The van der Waals surface area contributed by atoms with Gasteiger partial charge in [0.1, 0.15) is 11.7 Å². The van der Waals surface area contributed by atoms with Gasteiger partial charge < -0.3 is 15.7 Å². The average Bonchev–Trinajstić information content (AvgIpc) is 2.28. The van der Waals surface area contributed by atoms with Crippen LogP contribution in [0.15, 0.2) is 18.3 Å². The van der Waals surface area contributed by atoms with Crippen LogP contribution in [0.1, 0.15) is 17.4 Å². The minimum atomic E-state index is -1.08. The minimum Gasteiger partial charge on any atom is -0.477 e. The smallest absolute Gasteiger partial charge is 0.354 e. The van der Waals surface area contributed by atoms with E-state index < -0.39 is 12.0 Å². The molecule has 0 aromatic carbocycles. The largest absolute Gasteiger partial charge is 0.477 e. The van der Waals surface area contributed by atoms with Crippen molar-refractivity contribution in [3.8, 4) is 0 Å². The molecule has 1 unspecified atom stereocenters. The third-order valence-electron chi connectivity index (χ3n) is 2.01. The highest BCUT2D eigenvalue weighted by molar-refractivity contribution is 5.86. The fourth-order valence-electron chi connectivity index (χ4n) is 1.14. The van der Waals surface area contributed by atoms with E-state index in [2.05, 4.69) is 15.6 Å². The van der Waals surface area contributed by atoms with Crippen LogP contribution in [0, 0.1) is 0 Å². The van der Waals surface area contributed by atoms with Crippen LogP contribution in [0.5, 0.6) is 0 Å². The van der Waals surface area contributed by atoms with E-state index in [1.807, 2.05) is 0 Å². The van der Waals surface area contributed by atoms with Crippen LogP contribution < -0.4 is 10.6 Å². The van der Waals surface area contributed by atoms with E-state index in [1.54, 1.807) is 20.0 Å². The molecule has 1 aromatic rings. The van der Waals surface area contributed by atoms with Gasteiger partial charge in [0, 0.05) is 7.05 Å². The SMILES string of the molecule is CNC(=O)C(C)Nc1ccc(C(=O)O)nc1. The van der Waals surface area contributed by atoms with Gasteiger partial charge in [-0.2, -0.15) is 0 Å². The second-order valence-electron chi connectivity index (χ2n) is 3.22. The summed E-state index contributed by atoms with van der Waals surface area (Å²) in [5, 5.41) is 14.0. The van der Waals surface area contributed by atoms with Gasteiger partial charge in [0.15, 0.2) is 0 Å². The van der Waals surface area contributed by atoms with Crippen LogP contribution in [-0.4, -0.2) is 35.1 Å². The highest BCUT2D eigenvalue weighted by atomic mass is 16.4. The third kappa shape index (κ3) is 2.94. The maximum atomic E-state index is 11.2. The number of aromatic nitrogens is 1. The Morgan fingerprint density at radius 3 is 2.56 bits per heavy atom. The zero-order valence-corrected chi connectivity index (χ0v) is 9.02. The number of carboxylic acid groups (broad SMARTS) is 1. The molecule has 3 N–H and O–H groups in total. The van der Waals surface area contributed by atoms with Crippen molar-refractivity contribution in [3.63, 3.8) is 0 Å². The Hall–Kier alpha value is -2.11. The van der Waals surface area contributed by atoms with Crippen molar-refractivity contribution in [2.45, 2.75) is 13.0 Å². The van der Waals surface area contributed by atoms with E-state index in [0.717, 1.165) is 0 Å². The first-order chi connectivity index (χ1) is 7.54. The lowest BCUT2D eigenvalue weighted by atomic mass is 10.2. The summed E-state index contributed by atoms with van der Waals surface area (Å²) in [6.45, 7) is 1.70. The molecule has 1 aromatic heterocycles. The zero-order chi connectivity index (χ0) is 12.1. The summed E-state index contributed by atoms with van der Waals surface area (Å²) in [4.78, 5) is 25.5. The standard InChI is InChI=1S/C10H13N3O3/c1-6(9(14)11-2)13-7-3-4-8(10(15)16)12-5-7/h3-6,13H,1-2H3,(H,11,14)(H,15,16). The maximum absolute atomic E-state index is 11.2. The van der Waals surface area contributed by atoms with Gasteiger partial charge in [-0.3, -0.25) is 4.79 Å². The van der Waals surface area contributed by atoms with E-state index in [4.69, 9.17) is 5.11 Å². The number of nitrogens with one attached hydrogen (secondary N) is 2. The monoisotopic (exact) mass is 223 g/mol. The molecular weight excluding hydrogens is 210 g/mol. The fourth-order valence-corrected chi connectivity index (χ4v) is 1.14. The van der Waals surface area contributed by atoms with Gasteiger partial charge in [-0.25, -0.2) is 9.78 Å². The van der Waals surface area contributed by atoms with Crippen molar-refractivity contribution in [1.29, 1.82) is 0 Å². The molecule has 0 spiro atoms. The van der Waals surface area contributed by atoms with Gasteiger partial charge >= 0.3 is 5.97 Å². The first-order valence-electron chi connectivity index (χ1n) is 4.72. The van der Waals surface area contributed by atoms with Gasteiger partial charge in [0.25, 0.3) is 0 Å². The van der Waals surface area contributed by atoms with Crippen molar-refractivity contribution < 1.29 is 14.7 Å². The Morgan fingerprint density at radius 2 is 2.12 bits per heavy atom. The highest BCUT2D eigenvalue weighted by Gasteiger charge is 2.10. The molecule has 1 atom stereocenters. The molecule has 1 heterocycles. The summed E-state index contributed by atoms with van der Waals surface area (Å²) in [5.74, 6) is -1.23. The molecule has 0 aliphatic heterocycles. The Labute approximate surface area is 92.7 Å². The normalized spacial score (nSPS) is 11.6. The summed E-state index contributed by atoms with van der Waals surface area (Å²) in [6, 6.07) is 2.54. The number of carbonyl (C=O) groups excluding carboxylic acids is 1. The van der Waals surface area contributed by atoms with Gasteiger partial charge in [0.05, 0.1) is 11.9 Å². The minimum absolute atomic E-state index is 0.0295. The average molecular weight is 223 g/mol. The number of anilines is 1. The van der Waals surface area contributed by atoms with E-state index in [9.17, 15) is 9.59 Å². The summed E-state index contributed by atoms with van der Waals surface area (Å²) >= 11 is 0. The van der Waals surface area contributed by atoms with Crippen LogP contribution in [0.3, 0.4) is 0 Å². The number of rotatable bonds is 4. The first kappa shape index (κ1) is 12.0. The second-order valence-corrected chi connectivity index (χ2v) is 3.22. The molecule has 0 fully saturated rings. The number of aromatic carboxylic acids is 1. The van der Waals surface area contributed by atoms with Crippen molar-refractivity contribution in [1.82, 2.24) is 10.3 Å². The number of carbonyl (C=O) groups is 2. The molecule has 0 saturated heterocycles. The van der Waals surface area contributed by atoms with Gasteiger partial charge in [0.2, 0.25) is 5.91 Å². The first-order valence-corrected chi connectivity index (χ1v) is 4.72. The number of carboxylic acids is 1. The van der Waals surface area contributed by atoms with Gasteiger partial charge in [-0.1, -0.05) is 0 Å². The Morgan fingerprint density at radius 1 is 1.44 bits per heavy atom. The Balaban J connectivity index is 2.68. The van der Waals surface area contributed by atoms with Crippen LogP contribution >= 0.6 is 0 Å². The predicted molar refractivity (Wildman–Crippen MR) is 58.3 cm³/mol. The molecule has 0 aliphatic rings. The van der Waals surface area contributed by atoms with E-state index in [-0.39, 0.29) is 11.6 Å². The summed E-state index contributed by atoms with van der Waals surface area (Å²) in [5.41, 5.74) is 0.569. The van der Waals surface area contributed by atoms with Crippen LogP contribution in [-0.2, 0) is 4.79 Å². The summed E-state index contributed by atoms with van der Waals surface area (Å²) in [7, 11) is 1.55. The molecule has 0 radical (unpaired) electrons. The number of likely N-dealkylation sites (N-methyl/N-ethyl adjacent to an activating group) is 1. The van der Waals surface area contributed by atoms with Gasteiger partial charge in [-0.15, -0.1) is 0 Å². The predicted octanol–water partition coefficient (Wildman–Crippen LogP) is 0.326. The van der Waals surface area contributed by atoms with Gasteiger partial charge in [-0.05, 0) is 19.1 Å². The number of hydrogen-bond acceptors (Lipinski definition) is 4. The zero-order valence-electron chi connectivity index (χ0n) is 9.02. The van der Waals surface area contributed by atoms with Crippen molar-refractivity contribution in [3.05, 3.63) is 24.0 Å². The highest BCUT2D eigenvalue weighted by Crippen LogP contribution is 2.07. The molecule has 1 rings (SSSR count). The topological polar surface area (TPSA) is 91.3 Å². The van der Waals surface area contributed by atoms with E-state index in [1.165, 1.54) is 12.3 Å². The molecule has 86 valence electrons. The lowest BCUT2D eigenvalue weighted by Gasteiger charge is -2.13. The molecule has 1 amide bonds. The molecule has 6 heteroatoms. The van der Waals surface area contributed by atoms with Crippen LogP contribution in [0.25, 0.3) is 0 Å². The number of pyridine rings is 1. The number of amides is 1. The second kappa shape index (κ2) is 5.11. The number of nitrogens with zero attached hydrogens (tertiary/aromatic N) is 1. The van der Waals surface area contributed by atoms with Crippen molar-refractivity contribution in [2.75, 3.05) is 12.4 Å². The molecule has 16 heavy (non-hydrogen) atoms. The third-order valence-corrected chi connectivity index (χ3v) is 2.01. The summed E-state index contributed by atoms with van der Waals surface area (Å²) in [6.07, 6.45) is 1.38. The van der Waals surface area contributed by atoms with Crippen LogP contribution in [0.2, 0.25) is 0 Å². The van der Waals surface area contributed by atoms with E-state index in [0.29, 0.717) is 5.69 Å². The molecular formula is C10H13N3O3. The lowest BCUT2D eigenvalue weighted by molar-refractivity contribution is -0.121. The Kier molecular flexibility index (Phi) is 3.82. The number of hydrogen-bond donors (Lipinski definition) is 3. The Bertz CT molecular complexity index is 389. The fraction of sp³-hybridized carbons (Fsp3) is 0.300. The van der Waals surface area contributed by atoms with Crippen LogP contribution in [0.4, 0.5) is 5.69 Å².